The highest BCUT2D eigenvalue weighted by Gasteiger charge is 2.24. The fraction of sp³-hybridized carbons (Fsp3) is 0.786. The molecule has 1 saturated heterocycles. The van der Waals surface area contributed by atoms with E-state index in [1.807, 2.05) is 0 Å². The van der Waals surface area contributed by atoms with E-state index >= 15 is 0 Å². The van der Waals surface area contributed by atoms with Gasteiger partial charge in [-0.25, -0.2) is 15.1 Å². The zero-order valence-corrected chi connectivity index (χ0v) is 14.7. The molecule has 0 aliphatic carbocycles. The number of hydrogen-bond donors (Lipinski definition) is 4. The molecule has 12 heteroatoms. The number of aliphatic carboxylic acids is 1. The number of nitrogens with two attached hydrogens (primary N) is 2. The smallest absolute Gasteiger partial charge is 0.303 e. The number of hydrazine groups is 1. The van der Waals surface area contributed by atoms with Crippen molar-refractivity contribution in [2.24, 2.45) is 16.5 Å². The molecule has 1 amide bonds. The molecule has 1 fully saturated rings. The monoisotopic (exact) mass is 373 g/mol. The van der Waals surface area contributed by atoms with Crippen LogP contribution in [0.2, 0.25) is 0 Å². The number of carboxylic acid groups (broad SMARTS) is 1. The maximum Gasteiger partial charge on any atom is 0.303 e. The number of rotatable bonds is 10. The molecule has 26 heavy (non-hydrogen) atoms. The van der Waals surface area contributed by atoms with E-state index in [9.17, 15) is 19.7 Å². The Labute approximate surface area is 151 Å². The topological polar surface area (TPSA) is 180 Å². The maximum atomic E-state index is 12.3. The van der Waals surface area contributed by atoms with Gasteiger partial charge in [0.05, 0.1) is 6.04 Å². The Bertz CT molecular complexity index is 520. The summed E-state index contributed by atoms with van der Waals surface area (Å²) in [5.74, 6) is -1.21. The molecule has 1 heterocycles. The molecule has 0 unspecified atom stereocenters. The third kappa shape index (κ3) is 8.58. The third-order valence-electron chi connectivity index (χ3n) is 4.03. The van der Waals surface area contributed by atoms with Crippen LogP contribution < -0.4 is 16.9 Å². The molecule has 0 spiro atoms. The van der Waals surface area contributed by atoms with Gasteiger partial charge in [-0.3, -0.25) is 14.5 Å². The molecular formula is C14H27N7O5. The van der Waals surface area contributed by atoms with E-state index in [0.29, 0.717) is 52.0 Å². The van der Waals surface area contributed by atoms with Crippen LogP contribution >= 0.6 is 0 Å². The lowest BCUT2D eigenvalue weighted by atomic mass is 10.1. The van der Waals surface area contributed by atoms with Gasteiger partial charge < -0.3 is 21.5 Å². The first kappa shape index (κ1) is 21.6. The Kier molecular flexibility index (Phi) is 9.30. The zero-order chi connectivity index (χ0) is 19.5. The Balaban J connectivity index is 2.24. The van der Waals surface area contributed by atoms with Crippen molar-refractivity contribution >= 4 is 17.8 Å². The van der Waals surface area contributed by atoms with Crippen molar-refractivity contribution in [1.82, 2.24) is 15.2 Å². The average molecular weight is 373 g/mol. The van der Waals surface area contributed by atoms with Gasteiger partial charge >= 0.3 is 5.97 Å². The van der Waals surface area contributed by atoms with Crippen LogP contribution in [0.5, 0.6) is 0 Å². The second-order valence-electron chi connectivity index (χ2n) is 6.05. The summed E-state index contributed by atoms with van der Waals surface area (Å²) in [5, 5.41) is 18.0. The predicted octanol–water partition coefficient (Wildman–Crippen LogP) is -1.80. The zero-order valence-electron chi connectivity index (χ0n) is 14.7. The molecule has 12 nitrogen and oxygen atoms in total. The number of amides is 1. The number of aliphatic imine (C=N–C) groups is 1. The molecule has 0 aromatic carbocycles. The molecule has 1 atom stereocenters. The highest BCUT2D eigenvalue weighted by Crippen LogP contribution is 2.07. The Morgan fingerprint density at radius 1 is 1.27 bits per heavy atom. The van der Waals surface area contributed by atoms with Gasteiger partial charge in [-0.15, -0.1) is 0 Å². The third-order valence-corrected chi connectivity index (χ3v) is 4.03. The van der Waals surface area contributed by atoms with E-state index in [-0.39, 0.29) is 24.8 Å². The van der Waals surface area contributed by atoms with Crippen LogP contribution in [0.15, 0.2) is 4.99 Å². The van der Waals surface area contributed by atoms with Gasteiger partial charge in [0, 0.05) is 39.1 Å². The van der Waals surface area contributed by atoms with Crippen molar-refractivity contribution in [3.63, 3.8) is 0 Å². The van der Waals surface area contributed by atoms with Gasteiger partial charge in [0.15, 0.2) is 5.03 Å². The average Bonchev–Trinajstić information content (AvgIpc) is 2.57. The second kappa shape index (κ2) is 11.2. The lowest BCUT2D eigenvalue weighted by Gasteiger charge is -2.35. The second-order valence-corrected chi connectivity index (χ2v) is 6.05. The number of carboxylic acids is 1. The predicted molar refractivity (Wildman–Crippen MR) is 93.7 cm³/mol. The van der Waals surface area contributed by atoms with Crippen LogP contribution in [0, 0.1) is 10.1 Å². The van der Waals surface area contributed by atoms with Crippen molar-refractivity contribution in [3.05, 3.63) is 10.1 Å². The largest absolute Gasteiger partial charge is 0.481 e. The molecular weight excluding hydrogens is 346 g/mol. The number of piperazine rings is 1. The van der Waals surface area contributed by atoms with E-state index in [2.05, 4.69) is 9.89 Å². The Morgan fingerprint density at radius 2 is 1.92 bits per heavy atom. The van der Waals surface area contributed by atoms with E-state index in [1.54, 1.807) is 10.3 Å². The molecule has 0 radical (unpaired) electrons. The number of nitro groups is 1. The van der Waals surface area contributed by atoms with Crippen LogP contribution in [0.1, 0.15) is 25.7 Å². The summed E-state index contributed by atoms with van der Waals surface area (Å²) in [6, 6.07) is -0.645. The normalized spacial score (nSPS) is 17.0. The molecule has 0 aromatic rings. The standard InChI is InChI=1S/C14H27N7O5/c15-11(3-1-5-17-14(16)18-21(25)26)13(24)20-9-7-19(8-10-20)6-2-4-12(22)23/h11H,1-10,15H2,(H,22,23)(H3,16,17,18)/t11-/m0/s1. The fourth-order valence-corrected chi connectivity index (χ4v) is 2.64. The molecule has 1 aliphatic rings. The van der Waals surface area contributed by atoms with Gasteiger partial charge in [-0.05, 0) is 25.8 Å². The minimum Gasteiger partial charge on any atom is -0.481 e. The first-order valence-electron chi connectivity index (χ1n) is 8.49. The Hall–Kier alpha value is -2.47. The molecule has 0 aromatic heterocycles. The number of carbonyl (C=O) groups is 2. The van der Waals surface area contributed by atoms with Gasteiger partial charge in [0.2, 0.25) is 5.91 Å². The Morgan fingerprint density at radius 3 is 2.50 bits per heavy atom. The summed E-state index contributed by atoms with van der Waals surface area (Å²) in [4.78, 5) is 40.6. The van der Waals surface area contributed by atoms with Crippen molar-refractivity contribution in [2.75, 3.05) is 39.3 Å². The lowest BCUT2D eigenvalue weighted by Crippen LogP contribution is -2.53. The summed E-state index contributed by atoms with van der Waals surface area (Å²) >= 11 is 0. The minimum absolute atomic E-state index is 0.129. The highest BCUT2D eigenvalue weighted by molar-refractivity contribution is 5.81. The first-order valence-corrected chi connectivity index (χ1v) is 8.49. The quantitative estimate of drug-likeness (QED) is 0.113. The van der Waals surface area contributed by atoms with Crippen molar-refractivity contribution in [1.29, 1.82) is 0 Å². The first-order chi connectivity index (χ1) is 12.3. The summed E-state index contributed by atoms with van der Waals surface area (Å²) in [6.07, 6.45) is 1.64. The fourth-order valence-electron chi connectivity index (χ4n) is 2.64. The molecule has 1 rings (SSSR count). The van der Waals surface area contributed by atoms with Gasteiger partial charge in [0.1, 0.15) is 0 Å². The van der Waals surface area contributed by atoms with E-state index in [4.69, 9.17) is 16.6 Å². The summed E-state index contributed by atoms with van der Waals surface area (Å²) in [6.45, 7) is 3.48. The maximum absolute atomic E-state index is 12.3. The van der Waals surface area contributed by atoms with Crippen LogP contribution in [-0.2, 0) is 9.59 Å². The highest BCUT2D eigenvalue weighted by atomic mass is 16.7. The molecule has 1 aliphatic heterocycles. The van der Waals surface area contributed by atoms with E-state index < -0.39 is 17.0 Å². The van der Waals surface area contributed by atoms with Crippen LogP contribution in [0.25, 0.3) is 0 Å². The molecule has 0 bridgehead atoms. The number of guanidine groups is 1. The van der Waals surface area contributed by atoms with Crippen LogP contribution in [0.3, 0.4) is 0 Å². The number of carbonyl (C=O) groups excluding carboxylic acids is 1. The van der Waals surface area contributed by atoms with Crippen molar-refractivity contribution in [3.8, 4) is 0 Å². The summed E-state index contributed by atoms with van der Waals surface area (Å²) in [5.41, 5.74) is 12.9. The summed E-state index contributed by atoms with van der Waals surface area (Å²) in [7, 11) is 0. The van der Waals surface area contributed by atoms with Crippen LogP contribution in [-0.4, -0.2) is 83.1 Å². The van der Waals surface area contributed by atoms with Gasteiger partial charge in [-0.2, -0.15) is 0 Å². The number of nitrogens with zero attached hydrogens (tertiary/aromatic N) is 4. The number of nitrogens with one attached hydrogen (secondary N) is 1. The molecule has 148 valence electrons. The SMILES string of the molecule is NC(=NCCC[C@H](N)C(=O)N1CCN(CCCC(=O)O)CC1)N[N+](=O)[O-]. The van der Waals surface area contributed by atoms with Crippen LogP contribution in [0.4, 0.5) is 0 Å². The summed E-state index contributed by atoms with van der Waals surface area (Å²) < 4.78 is 0. The lowest BCUT2D eigenvalue weighted by molar-refractivity contribution is -0.525. The van der Waals surface area contributed by atoms with E-state index in [1.165, 1.54) is 0 Å². The number of hydrogen-bond acceptors (Lipinski definition) is 7. The van der Waals surface area contributed by atoms with Gasteiger partial charge in [-0.1, -0.05) is 5.43 Å². The van der Waals surface area contributed by atoms with Crippen molar-refractivity contribution < 1.29 is 19.7 Å². The molecule has 6 N–H and O–H groups in total. The van der Waals surface area contributed by atoms with Crippen molar-refractivity contribution in [2.45, 2.75) is 31.7 Å². The van der Waals surface area contributed by atoms with E-state index in [0.717, 1.165) is 0 Å². The van der Waals surface area contributed by atoms with Gasteiger partial charge in [0.25, 0.3) is 5.96 Å². The minimum atomic E-state index is -0.801. The molecule has 0 saturated carbocycles.